The van der Waals surface area contributed by atoms with Crippen LogP contribution in [0, 0.1) is 0 Å². The first-order chi connectivity index (χ1) is 19.6. The topological polar surface area (TPSA) is 137 Å². The largest absolute Gasteiger partial charge is 0.479 e. The molecule has 0 radical (unpaired) electrons. The number of benzene rings is 2. The first kappa shape index (κ1) is 30.8. The van der Waals surface area contributed by atoms with Gasteiger partial charge in [-0.3, -0.25) is 0 Å². The monoisotopic (exact) mass is 665 g/mol. The summed E-state index contributed by atoms with van der Waals surface area (Å²) in [5.74, 6) is -1.02. The number of nitrogens with zero attached hydrogens (tertiary/aromatic N) is 1. The highest BCUT2D eigenvalue weighted by Gasteiger charge is 2.29. The average Bonchev–Trinajstić information content (AvgIpc) is 3.29. The van der Waals surface area contributed by atoms with Crippen molar-refractivity contribution < 1.29 is 32.2 Å². The molecule has 1 aliphatic rings. The van der Waals surface area contributed by atoms with Gasteiger partial charge in [-0.05, 0) is 65.0 Å². The number of nitrogens with two attached hydrogens (primary N) is 1. The maximum atomic E-state index is 13.0. The fraction of sp³-hybridized carbons (Fsp3) is 0.357. The Labute approximate surface area is 252 Å². The lowest BCUT2D eigenvalue weighted by atomic mass is 10.1. The van der Waals surface area contributed by atoms with Crippen molar-refractivity contribution in [3.63, 3.8) is 0 Å². The van der Waals surface area contributed by atoms with Crippen LogP contribution in [-0.4, -0.2) is 64.1 Å². The third-order valence-corrected chi connectivity index (χ3v) is 10.6. The lowest BCUT2D eigenvalue weighted by Crippen LogP contribution is -2.42. The molecule has 2 aromatic carbocycles. The number of ether oxygens (including phenoxy) is 3. The van der Waals surface area contributed by atoms with Crippen LogP contribution in [0.2, 0.25) is 0 Å². The van der Waals surface area contributed by atoms with E-state index in [0.29, 0.717) is 41.7 Å². The normalized spacial score (nSPS) is 14.4. The van der Waals surface area contributed by atoms with Crippen LogP contribution in [0.25, 0.3) is 10.4 Å². The van der Waals surface area contributed by atoms with Gasteiger partial charge < -0.3 is 25.3 Å². The van der Waals surface area contributed by atoms with Crippen molar-refractivity contribution in [1.29, 1.82) is 0 Å². The van der Waals surface area contributed by atoms with Crippen molar-refractivity contribution in [2.45, 2.75) is 31.6 Å². The Bertz CT molecular complexity index is 1500. The highest BCUT2D eigenvalue weighted by molar-refractivity contribution is 9.10. The Morgan fingerprint density at radius 2 is 1.88 bits per heavy atom. The molecule has 0 unspecified atom stereocenters. The average molecular weight is 667 g/mol. The van der Waals surface area contributed by atoms with Crippen LogP contribution in [-0.2, 0) is 30.0 Å². The Morgan fingerprint density at radius 1 is 1.15 bits per heavy atom. The van der Waals surface area contributed by atoms with E-state index in [-0.39, 0.29) is 35.6 Å². The van der Waals surface area contributed by atoms with E-state index in [1.165, 1.54) is 22.8 Å². The highest BCUT2D eigenvalue weighted by Crippen LogP contribution is 2.46. The van der Waals surface area contributed by atoms with E-state index in [0.717, 1.165) is 16.1 Å². The molecule has 2 heterocycles. The molecule has 0 aliphatic carbocycles. The number of esters is 2. The van der Waals surface area contributed by atoms with E-state index in [1.807, 2.05) is 24.3 Å². The number of thiophene rings is 1. The number of halogens is 1. The molecular weight excluding hydrogens is 634 g/mol. The second-order valence-corrected chi connectivity index (χ2v) is 13.1. The van der Waals surface area contributed by atoms with Crippen LogP contribution < -0.4 is 15.8 Å². The summed E-state index contributed by atoms with van der Waals surface area (Å²) in [7, 11) is -2.20. The summed E-state index contributed by atoms with van der Waals surface area (Å²) in [6.45, 7) is 2.39. The molecule has 0 amide bonds. The lowest BCUT2D eigenvalue weighted by molar-refractivity contribution is -0.145. The molecule has 0 bridgehead atoms. The van der Waals surface area contributed by atoms with Gasteiger partial charge in [-0.15, -0.1) is 11.3 Å². The van der Waals surface area contributed by atoms with Gasteiger partial charge in [-0.25, -0.2) is 22.3 Å². The number of carbonyl (C=O) groups is 2. The van der Waals surface area contributed by atoms with E-state index in [4.69, 9.17) is 19.9 Å². The number of hydrogen-bond donors (Lipinski definition) is 2. The van der Waals surface area contributed by atoms with Crippen molar-refractivity contribution in [2.75, 3.05) is 44.5 Å². The number of rotatable bonds is 11. The van der Waals surface area contributed by atoms with Gasteiger partial charge in [-0.2, -0.15) is 0 Å². The van der Waals surface area contributed by atoms with Gasteiger partial charge in [0.1, 0.15) is 0 Å². The number of sulfonamides is 1. The molecule has 0 saturated carbocycles. The summed E-state index contributed by atoms with van der Waals surface area (Å²) in [5.41, 5.74) is 8.71. The number of methoxy groups -OCH3 is 1. The molecule has 3 aromatic rings. The number of nitrogen functional groups attached to an aromatic ring is 1. The quantitative estimate of drug-likeness (QED) is 0.216. The van der Waals surface area contributed by atoms with Gasteiger partial charge in [0.2, 0.25) is 10.0 Å². The molecule has 13 heteroatoms. The summed E-state index contributed by atoms with van der Waals surface area (Å²) in [4.78, 5) is 25.2. The third-order valence-electron chi connectivity index (χ3n) is 6.56. The number of para-hydroxylation sites is 1. The minimum atomic E-state index is -3.48. The van der Waals surface area contributed by atoms with E-state index >= 15 is 0 Å². The first-order valence-corrected chi connectivity index (χ1v) is 16.2. The molecule has 10 nitrogen and oxygen atoms in total. The van der Waals surface area contributed by atoms with Crippen LogP contribution in [0.4, 0.5) is 11.4 Å². The van der Waals surface area contributed by atoms with Crippen LogP contribution in [0.1, 0.15) is 35.0 Å². The van der Waals surface area contributed by atoms with Crippen molar-refractivity contribution >= 4 is 60.6 Å². The molecule has 1 saturated heterocycles. The van der Waals surface area contributed by atoms with E-state index in [9.17, 15) is 18.0 Å². The molecule has 3 N–H and O–H groups in total. The van der Waals surface area contributed by atoms with Gasteiger partial charge in [-0.1, -0.05) is 30.3 Å². The lowest BCUT2D eigenvalue weighted by Gasteiger charge is -2.32. The van der Waals surface area contributed by atoms with Crippen molar-refractivity contribution in [3.05, 3.63) is 63.4 Å². The standard InChI is InChI=1S/C28H32BrN3O7S2/c1-3-38-23(33)16-39-25-24(29)26(40-27(25)28(34)37-2)18-8-6-9-21(15-18)31-20-11-13-32(14-12-20)41(35,36)17-19-7-4-5-10-22(19)30/h4-10,15,20,31H,3,11-14,16-17,30H2,1-2H3. The van der Waals surface area contributed by atoms with Crippen molar-refractivity contribution in [3.8, 4) is 16.2 Å². The van der Waals surface area contributed by atoms with Gasteiger partial charge >= 0.3 is 11.9 Å². The number of carbonyl (C=O) groups excluding carboxylic acids is 2. The first-order valence-electron chi connectivity index (χ1n) is 13.0. The van der Waals surface area contributed by atoms with E-state index < -0.39 is 22.0 Å². The molecule has 0 spiro atoms. The fourth-order valence-electron chi connectivity index (χ4n) is 4.49. The highest BCUT2D eigenvalue weighted by atomic mass is 79.9. The summed E-state index contributed by atoms with van der Waals surface area (Å²) in [5, 5.41) is 3.51. The Morgan fingerprint density at radius 3 is 2.56 bits per heavy atom. The molecule has 4 rings (SSSR count). The predicted molar refractivity (Wildman–Crippen MR) is 163 cm³/mol. The predicted octanol–water partition coefficient (Wildman–Crippen LogP) is 4.89. The fourth-order valence-corrected chi connectivity index (χ4v) is 8.06. The van der Waals surface area contributed by atoms with Gasteiger partial charge in [0.25, 0.3) is 0 Å². The minimum absolute atomic E-state index is 0.0828. The zero-order valence-corrected chi connectivity index (χ0v) is 25.9. The molecule has 220 valence electrons. The van der Waals surface area contributed by atoms with E-state index in [2.05, 4.69) is 21.2 Å². The number of piperidine rings is 1. The smallest absolute Gasteiger partial charge is 0.351 e. The van der Waals surface area contributed by atoms with Crippen LogP contribution in [0.15, 0.2) is 53.0 Å². The maximum absolute atomic E-state index is 13.0. The van der Waals surface area contributed by atoms with E-state index in [1.54, 1.807) is 31.2 Å². The summed E-state index contributed by atoms with van der Waals surface area (Å²) >= 11 is 4.72. The van der Waals surface area contributed by atoms with Crippen molar-refractivity contribution in [2.24, 2.45) is 0 Å². The number of anilines is 2. The summed E-state index contributed by atoms with van der Waals surface area (Å²) in [6, 6.07) is 14.8. The Balaban J connectivity index is 1.44. The summed E-state index contributed by atoms with van der Waals surface area (Å²) < 4.78 is 43.6. The van der Waals surface area contributed by atoms with Gasteiger partial charge in [0.05, 0.1) is 28.8 Å². The molecule has 0 atom stereocenters. The van der Waals surface area contributed by atoms with Crippen molar-refractivity contribution in [1.82, 2.24) is 4.31 Å². The zero-order chi connectivity index (χ0) is 29.6. The third kappa shape index (κ3) is 7.59. The van der Waals surface area contributed by atoms with Crippen LogP contribution >= 0.6 is 27.3 Å². The Kier molecular flexibility index (Phi) is 10.3. The number of nitrogens with one attached hydrogen (secondary N) is 1. The van der Waals surface area contributed by atoms with Crippen LogP contribution in [0.3, 0.4) is 0 Å². The summed E-state index contributed by atoms with van der Waals surface area (Å²) in [6.07, 6.45) is 1.30. The molecule has 1 aromatic heterocycles. The maximum Gasteiger partial charge on any atom is 0.351 e. The number of hydrogen-bond acceptors (Lipinski definition) is 10. The minimum Gasteiger partial charge on any atom is -0.479 e. The van der Waals surface area contributed by atoms with Crippen LogP contribution in [0.5, 0.6) is 5.75 Å². The second kappa shape index (κ2) is 13.7. The second-order valence-electron chi connectivity index (χ2n) is 9.34. The zero-order valence-electron chi connectivity index (χ0n) is 22.7. The SMILES string of the molecule is CCOC(=O)COc1c(C(=O)OC)sc(-c2cccc(NC3CCN(S(=O)(=O)Cc4ccccc4N)CC3)c2)c1Br. The van der Waals surface area contributed by atoms with Gasteiger partial charge in [0, 0.05) is 30.5 Å². The molecule has 1 fully saturated rings. The Hall–Kier alpha value is -3.13. The molecule has 41 heavy (non-hydrogen) atoms. The van der Waals surface area contributed by atoms with Gasteiger partial charge in [0.15, 0.2) is 17.2 Å². The molecular formula is C28H32BrN3O7S2. The molecule has 1 aliphatic heterocycles.